The van der Waals surface area contributed by atoms with Gasteiger partial charge in [0.1, 0.15) is 0 Å². The van der Waals surface area contributed by atoms with Gasteiger partial charge in [-0.1, -0.05) is 12.5 Å². The molecule has 1 aromatic rings. The van der Waals surface area contributed by atoms with Gasteiger partial charge < -0.3 is 5.11 Å². The molecular formula is C13H17N3O3. The van der Waals surface area contributed by atoms with Crippen LogP contribution in [0.1, 0.15) is 37.8 Å². The number of unbranched alkanes of at least 4 members (excludes halogenated alkanes) is 2. The van der Waals surface area contributed by atoms with E-state index in [0.717, 1.165) is 6.42 Å². The van der Waals surface area contributed by atoms with Gasteiger partial charge in [-0.3, -0.25) is 14.6 Å². The number of carbonyl (C=O) groups excluding carboxylic acids is 1. The first-order valence-corrected chi connectivity index (χ1v) is 6.13. The van der Waals surface area contributed by atoms with Crippen LogP contribution >= 0.6 is 0 Å². The predicted octanol–water partition coefficient (Wildman–Crippen LogP) is 1.57. The van der Waals surface area contributed by atoms with Crippen molar-refractivity contribution >= 4 is 18.1 Å². The van der Waals surface area contributed by atoms with Crippen LogP contribution in [0, 0.1) is 0 Å². The summed E-state index contributed by atoms with van der Waals surface area (Å²) < 4.78 is 0. The Morgan fingerprint density at radius 3 is 2.74 bits per heavy atom. The fraction of sp³-hybridized carbons (Fsp3) is 0.385. The van der Waals surface area contributed by atoms with Crippen LogP contribution in [0.25, 0.3) is 0 Å². The highest BCUT2D eigenvalue weighted by atomic mass is 16.4. The Morgan fingerprint density at radius 1 is 1.26 bits per heavy atom. The number of carbonyl (C=O) groups is 2. The van der Waals surface area contributed by atoms with Crippen molar-refractivity contribution in [3.05, 3.63) is 30.1 Å². The number of pyridine rings is 1. The van der Waals surface area contributed by atoms with E-state index in [2.05, 4.69) is 15.5 Å². The molecule has 1 rings (SSSR count). The molecule has 0 saturated carbocycles. The summed E-state index contributed by atoms with van der Waals surface area (Å²) in [5.74, 6) is -0.980. The Balaban J connectivity index is 2.11. The minimum absolute atomic E-state index is 0.152. The van der Waals surface area contributed by atoms with E-state index in [4.69, 9.17) is 5.11 Å². The molecule has 0 atom stereocenters. The maximum Gasteiger partial charge on any atom is 0.303 e. The van der Waals surface area contributed by atoms with Crippen LogP contribution < -0.4 is 5.43 Å². The van der Waals surface area contributed by atoms with E-state index < -0.39 is 5.97 Å². The molecule has 1 heterocycles. The standard InChI is InChI=1S/C13H17N3O3/c17-12(7-2-1-3-8-13(18)19)16-15-10-11-6-4-5-9-14-11/h4-6,9-10H,1-3,7-8H2,(H,16,17)(H,18,19)/b15-10+. The fourth-order valence-corrected chi connectivity index (χ4v) is 1.42. The minimum Gasteiger partial charge on any atom is -0.481 e. The van der Waals surface area contributed by atoms with Gasteiger partial charge in [-0.15, -0.1) is 0 Å². The fourth-order valence-electron chi connectivity index (χ4n) is 1.42. The Labute approximate surface area is 111 Å². The van der Waals surface area contributed by atoms with E-state index >= 15 is 0 Å². The van der Waals surface area contributed by atoms with Gasteiger partial charge in [0, 0.05) is 19.0 Å². The maximum absolute atomic E-state index is 11.4. The van der Waals surface area contributed by atoms with E-state index in [0.29, 0.717) is 25.0 Å². The Hall–Kier alpha value is -2.24. The Bertz CT molecular complexity index is 432. The maximum atomic E-state index is 11.4. The van der Waals surface area contributed by atoms with Crippen LogP contribution in [0.5, 0.6) is 0 Å². The van der Waals surface area contributed by atoms with E-state index in [-0.39, 0.29) is 12.3 Å². The molecule has 2 N–H and O–H groups in total. The number of rotatable bonds is 8. The van der Waals surface area contributed by atoms with E-state index in [1.54, 1.807) is 18.3 Å². The number of nitrogens with one attached hydrogen (secondary N) is 1. The molecule has 0 bridgehead atoms. The lowest BCUT2D eigenvalue weighted by molar-refractivity contribution is -0.137. The molecule has 0 aromatic carbocycles. The molecule has 19 heavy (non-hydrogen) atoms. The van der Waals surface area contributed by atoms with Crippen molar-refractivity contribution in [2.75, 3.05) is 0 Å². The Morgan fingerprint density at radius 2 is 2.05 bits per heavy atom. The van der Waals surface area contributed by atoms with Gasteiger partial charge in [0.05, 0.1) is 11.9 Å². The minimum atomic E-state index is -0.801. The first kappa shape index (κ1) is 14.8. The number of hydrogen-bond acceptors (Lipinski definition) is 4. The molecule has 0 radical (unpaired) electrons. The third-order valence-corrected chi connectivity index (χ3v) is 2.37. The summed E-state index contributed by atoms with van der Waals surface area (Å²) in [5, 5.41) is 12.2. The summed E-state index contributed by atoms with van der Waals surface area (Å²) in [7, 11) is 0. The SMILES string of the molecule is O=C(O)CCCCCC(=O)N/N=C/c1ccccn1. The zero-order valence-electron chi connectivity index (χ0n) is 10.6. The van der Waals surface area contributed by atoms with Crippen molar-refractivity contribution in [1.29, 1.82) is 0 Å². The van der Waals surface area contributed by atoms with Crippen molar-refractivity contribution in [3.8, 4) is 0 Å². The number of nitrogens with zero attached hydrogens (tertiary/aromatic N) is 2. The third kappa shape index (κ3) is 7.64. The van der Waals surface area contributed by atoms with Gasteiger partial charge in [-0.2, -0.15) is 5.10 Å². The van der Waals surface area contributed by atoms with Gasteiger partial charge in [0.15, 0.2) is 0 Å². The number of carboxylic acids is 1. The zero-order chi connectivity index (χ0) is 13.9. The van der Waals surface area contributed by atoms with Gasteiger partial charge in [0.2, 0.25) is 5.91 Å². The lowest BCUT2D eigenvalue weighted by atomic mass is 10.1. The first-order valence-electron chi connectivity index (χ1n) is 6.13. The summed E-state index contributed by atoms with van der Waals surface area (Å²) in [6.07, 6.45) is 5.61. The highest BCUT2D eigenvalue weighted by Crippen LogP contribution is 2.02. The zero-order valence-corrected chi connectivity index (χ0v) is 10.6. The quantitative estimate of drug-likeness (QED) is 0.423. The topological polar surface area (TPSA) is 91.6 Å². The highest BCUT2D eigenvalue weighted by Gasteiger charge is 2.00. The lowest BCUT2D eigenvalue weighted by Gasteiger charge is -1.99. The highest BCUT2D eigenvalue weighted by molar-refractivity contribution is 5.80. The average molecular weight is 263 g/mol. The first-order chi connectivity index (χ1) is 9.18. The van der Waals surface area contributed by atoms with Crippen LogP contribution in [-0.4, -0.2) is 28.2 Å². The third-order valence-electron chi connectivity index (χ3n) is 2.37. The van der Waals surface area contributed by atoms with Crippen molar-refractivity contribution in [2.45, 2.75) is 32.1 Å². The second kappa shape index (κ2) is 8.79. The summed E-state index contributed by atoms with van der Waals surface area (Å²) >= 11 is 0. The molecule has 0 unspecified atom stereocenters. The molecule has 0 aliphatic heterocycles. The molecule has 0 aliphatic rings. The van der Waals surface area contributed by atoms with Gasteiger partial charge >= 0.3 is 5.97 Å². The number of carboxylic acid groups (broad SMARTS) is 1. The normalized spacial score (nSPS) is 10.5. The van der Waals surface area contributed by atoms with Crippen LogP contribution in [0.3, 0.4) is 0 Å². The second-order valence-electron chi connectivity index (χ2n) is 4.00. The van der Waals surface area contributed by atoms with Crippen molar-refractivity contribution in [1.82, 2.24) is 10.4 Å². The molecule has 0 spiro atoms. The monoisotopic (exact) mass is 263 g/mol. The number of aromatic nitrogens is 1. The molecular weight excluding hydrogens is 246 g/mol. The summed E-state index contributed by atoms with van der Waals surface area (Å²) in [6, 6.07) is 5.41. The lowest BCUT2D eigenvalue weighted by Crippen LogP contribution is -2.17. The molecule has 102 valence electrons. The predicted molar refractivity (Wildman–Crippen MR) is 70.7 cm³/mol. The summed E-state index contributed by atoms with van der Waals surface area (Å²) in [6.45, 7) is 0. The van der Waals surface area contributed by atoms with E-state index in [1.165, 1.54) is 6.21 Å². The molecule has 6 heteroatoms. The van der Waals surface area contributed by atoms with Gasteiger partial charge in [0.25, 0.3) is 0 Å². The van der Waals surface area contributed by atoms with Crippen LogP contribution in [0.2, 0.25) is 0 Å². The number of amides is 1. The number of aliphatic carboxylic acids is 1. The molecule has 6 nitrogen and oxygen atoms in total. The van der Waals surface area contributed by atoms with Crippen LogP contribution in [-0.2, 0) is 9.59 Å². The van der Waals surface area contributed by atoms with Crippen molar-refractivity contribution in [3.63, 3.8) is 0 Å². The van der Waals surface area contributed by atoms with Crippen molar-refractivity contribution < 1.29 is 14.7 Å². The molecule has 1 aromatic heterocycles. The average Bonchev–Trinajstić information content (AvgIpc) is 2.39. The van der Waals surface area contributed by atoms with Crippen LogP contribution in [0.4, 0.5) is 0 Å². The summed E-state index contributed by atoms with van der Waals surface area (Å²) in [5.41, 5.74) is 3.08. The van der Waals surface area contributed by atoms with E-state index in [9.17, 15) is 9.59 Å². The van der Waals surface area contributed by atoms with Crippen molar-refractivity contribution in [2.24, 2.45) is 5.10 Å². The molecule has 0 aliphatic carbocycles. The van der Waals surface area contributed by atoms with Gasteiger partial charge in [-0.25, -0.2) is 5.43 Å². The smallest absolute Gasteiger partial charge is 0.303 e. The molecule has 0 fully saturated rings. The van der Waals surface area contributed by atoms with Gasteiger partial charge in [-0.05, 0) is 25.0 Å². The number of hydrazone groups is 1. The largest absolute Gasteiger partial charge is 0.481 e. The molecule has 1 amide bonds. The Kier molecular flexibility index (Phi) is 6.86. The second-order valence-corrected chi connectivity index (χ2v) is 4.00. The van der Waals surface area contributed by atoms with Crippen LogP contribution in [0.15, 0.2) is 29.5 Å². The molecule has 0 saturated heterocycles. The summed E-state index contributed by atoms with van der Waals surface area (Å²) in [4.78, 5) is 25.7. The number of hydrogen-bond donors (Lipinski definition) is 2. The van der Waals surface area contributed by atoms with E-state index in [1.807, 2.05) is 6.07 Å².